The van der Waals surface area contributed by atoms with Gasteiger partial charge in [0.05, 0.1) is 16.1 Å². The largest absolute Gasteiger partial charge is 0.478 e. The molecule has 2 N–H and O–H groups in total. The highest BCUT2D eigenvalue weighted by atomic mass is 79.9. The number of amides is 1. The number of carbonyl (C=O) groups excluding carboxylic acids is 1. The predicted octanol–water partition coefficient (Wildman–Crippen LogP) is 2.50. The van der Waals surface area contributed by atoms with Crippen molar-refractivity contribution >= 4 is 33.5 Å². The van der Waals surface area contributed by atoms with E-state index in [1.54, 1.807) is 18.2 Å². The summed E-state index contributed by atoms with van der Waals surface area (Å²) in [6.07, 6.45) is 0.640. The number of carbonyl (C=O) groups is 2. The maximum atomic E-state index is 11.6. The standard InChI is InChI=1S/C11H12BrNO3/c1-2-8(12)10(14)13-9-6-4-3-5-7(9)11(15)16/h3-6,8H,2H2,1H3,(H,13,14)(H,15,16)/t8-/m0/s1. The quantitative estimate of drug-likeness (QED) is 0.836. The maximum absolute atomic E-state index is 11.6. The molecular weight excluding hydrogens is 274 g/mol. The Labute approximate surface area is 102 Å². The van der Waals surface area contributed by atoms with Crippen LogP contribution in [0.25, 0.3) is 0 Å². The van der Waals surface area contributed by atoms with E-state index in [4.69, 9.17) is 5.11 Å². The Hall–Kier alpha value is -1.36. The van der Waals surface area contributed by atoms with Crippen molar-refractivity contribution in [1.29, 1.82) is 0 Å². The van der Waals surface area contributed by atoms with Gasteiger partial charge in [-0.1, -0.05) is 35.0 Å². The number of hydrogen-bond donors (Lipinski definition) is 2. The molecule has 1 atom stereocenters. The average molecular weight is 286 g/mol. The third kappa shape index (κ3) is 3.06. The number of rotatable bonds is 4. The molecule has 0 saturated carbocycles. The number of nitrogens with one attached hydrogen (secondary N) is 1. The van der Waals surface area contributed by atoms with Crippen molar-refractivity contribution in [2.75, 3.05) is 5.32 Å². The third-order valence-electron chi connectivity index (χ3n) is 2.06. The van der Waals surface area contributed by atoms with E-state index in [-0.39, 0.29) is 16.3 Å². The molecule has 0 saturated heterocycles. The third-order valence-corrected chi connectivity index (χ3v) is 3.12. The second-order valence-electron chi connectivity index (χ2n) is 3.22. The van der Waals surface area contributed by atoms with Crippen molar-refractivity contribution in [2.24, 2.45) is 0 Å². The average Bonchev–Trinajstić information content (AvgIpc) is 2.28. The fourth-order valence-corrected chi connectivity index (χ4v) is 1.29. The molecular formula is C11H12BrNO3. The van der Waals surface area contributed by atoms with E-state index in [1.807, 2.05) is 6.92 Å². The van der Waals surface area contributed by atoms with Crippen molar-refractivity contribution in [3.8, 4) is 0 Å². The molecule has 0 unspecified atom stereocenters. The van der Waals surface area contributed by atoms with Crippen LogP contribution in [0.2, 0.25) is 0 Å². The molecule has 1 aromatic rings. The van der Waals surface area contributed by atoms with Crippen LogP contribution in [0, 0.1) is 0 Å². The molecule has 1 aromatic carbocycles. The molecule has 16 heavy (non-hydrogen) atoms. The smallest absolute Gasteiger partial charge is 0.337 e. The minimum atomic E-state index is -1.06. The van der Waals surface area contributed by atoms with Gasteiger partial charge in [-0.25, -0.2) is 4.79 Å². The van der Waals surface area contributed by atoms with E-state index in [0.717, 1.165) is 0 Å². The van der Waals surface area contributed by atoms with Gasteiger partial charge in [-0.05, 0) is 18.6 Å². The Morgan fingerprint density at radius 1 is 1.44 bits per heavy atom. The highest BCUT2D eigenvalue weighted by Crippen LogP contribution is 2.16. The lowest BCUT2D eigenvalue weighted by atomic mass is 10.1. The zero-order valence-corrected chi connectivity index (χ0v) is 10.3. The first-order valence-electron chi connectivity index (χ1n) is 4.83. The summed E-state index contributed by atoms with van der Waals surface area (Å²) in [5.41, 5.74) is 0.407. The molecule has 0 aromatic heterocycles. The molecule has 5 heteroatoms. The van der Waals surface area contributed by atoms with Gasteiger partial charge in [-0.15, -0.1) is 0 Å². The van der Waals surface area contributed by atoms with Crippen LogP contribution in [-0.4, -0.2) is 21.8 Å². The second kappa shape index (κ2) is 5.65. The van der Waals surface area contributed by atoms with Crippen LogP contribution in [0.15, 0.2) is 24.3 Å². The highest BCUT2D eigenvalue weighted by molar-refractivity contribution is 9.10. The topological polar surface area (TPSA) is 66.4 Å². The Morgan fingerprint density at radius 3 is 2.62 bits per heavy atom. The molecule has 1 rings (SSSR count). The molecule has 0 heterocycles. The summed E-state index contributed by atoms with van der Waals surface area (Å²) in [5, 5.41) is 11.5. The fourth-order valence-electron chi connectivity index (χ4n) is 1.18. The minimum Gasteiger partial charge on any atom is -0.478 e. The molecule has 0 radical (unpaired) electrons. The zero-order chi connectivity index (χ0) is 12.1. The van der Waals surface area contributed by atoms with Gasteiger partial charge >= 0.3 is 5.97 Å². The molecule has 0 aliphatic heterocycles. The maximum Gasteiger partial charge on any atom is 0.337 e. The summed E-state index contributed by atoms with van der Waals surface area (Å²) in [6.45, 7) is 1.86. The number of carboxylic acids is 1. The number of aromatic carboxylic acids is 1. The summed E-state index contributed by atoms with van der Waals surface area (Å²) >= 11 is 3.20. The van der Waals surface area contributed by atoms with Crippen LogP contribution >= 0.6 is 15.9 Å². The Bertz CT molecular complexity index is 406. The van der Waals surface area contributed by atoms with Crippen LogP contribution in [0.5, 0.6) is 0 Å². The predicted molar refractivity (Wildman–Crippen MR) is 65.0 cm³/mol. The van der Waals surface area contributed by atoms with Gasteiger partial charge in [0, 0.05) is 0 Å². The van der Waals surface area contributed by atoms with Crippen LogP contribution in [0.3, 0.4) is 0 Å². The number of benzene rings is 1. The van der Waals surface area contributed by atoms with Crippen molar-refractivity contribution in [3.05, 3.63) is 29.8 Å². The number of halogens is 1. The number of carboxylic acid groups (broad SMARTS) is 1. The number of alkyl halides is 1. The molecule has 0 spiro atoms. The first-order chi connectivity index (χ1) is 7.56. The van der Waals surface area contributed by atoms with E-state index >= 15 is 0 Å². The van der Waals surface area contributed by atoms with Crippen molar-refractivity contribution in [3.63, 3.8) is 0 Å². The molecule has 0 bridgehead atoms. The molecule has 0 aliphatic carbocycles. The molecule has 1 amide bonds. The van der Waals surface area contributed by atoms with Crippen molar-refractivity contribution in [1.82, 2.24) is 0 Å². The number of anilines is 1. The van der Waals surface area contributed by atoms with E-state index in [1.165, 1.54) is 6.07 Å². The van der Waals surface area contributed by atoms with E-state index in [0.29, 0.717) is 12.1 Å². The molecule has 0 aliphatic rings. The molecule has 4 nitrogen and oxygen atoms in total. The van der Waals surface area contributed by atoms with Gasteiger partial charge in [-0.2, -0.15) is 0 Å². The molecule has 86 valence electrons. The molecule has 0 fully saturated rings. The second-order valence-corrected chi connectivity index (χ2v) is 4.32. The number of para-hydroxylation sites is 1. The Kier molecular flexibility index (Phi) is 4.49. The summed E-state index contributed by atoms with van der Waals surface area (Å²) < 4.78 is 0. The minimum absolute atomic E-state index is 0.0895. The van der Waals surface area contributed by atoms with Gasteiger partial charge < -0.3 is 10.4 Å². The monoisotopic (exact) mass is 285 g/mol. The Balaban J connectivity index is 2.89. The SMILES string of the molecule is CC[C@H](Br)C(=O)Nc1ccccc1C(=O)O. The van der Waals surface area contributed by atoms with Crippen molar-refractivity contribution in [2.45, 2.75) is 18.2 Å². The fraction of sp³-hybridized carbons (Fsp3) is 0.273. The van der Waals surface area contributed by atoms with Crippen molar-refractivity contribution < 1.29 is 14.7 Å². The summed E-state index contributed by atoms with van der Waals surface area (Å²) in [4.78, 5) is 22.1. The highest BCUT2D eigenvalue weighted by Gasteiger charge is 2.15. The number of hydrogen-bond acceptors (Lipinski definition) is 2. The van der Waals surface area contributed by atoms with Crippen LogP contribution in [0.1, 0.15) is 23.7 Å². The summed E-state index contributed by atoms with van der Waals surface area (Å²) in [6, 6.07) is 6.31. The van der Waals surface area contributed by atoms with Crippen LogP contribution in [0.4, 0.5) is 5.69 Å². The van der Waals surface area contributed by atoms with Crippen LogP contribution in [-0.2, 0) is 4.79 Å². The lowest BCUT2D eigenvalue weighted by molar-refractivity contribution is -0.115. The summed E-state index contributed by atoms with van der Waals surface area (Å²) in [5.74, 6) is -1.30. The van der Waals surface area contributed by atoms with Gasteiger partial charge in [0.25, 0.3) is 0 Å². The summed E-state index contributed by atoms with van der Waals surface area (Å²) in [7, 11) is 0. The lowest BCUT2D eigenvalue weighted by Gasteiger charge is -2.10. The van der Waals surface area contributed by atoms with E-state index in [2.05, 4.69) is 21.2 Å². The van der Waals surface area contributed by atoms with Crippen LogP contribution < -0.4 is 5.32 Å². The zero-order valence-electron chi connectivity index (χ0n) is 8.74. The van der Waals surface area contributed by atoms with E-state index < -0.39 is 5.97 Å². The first-order valence-corrected chi connectivity index (χ1v) is 5.75. The Morgan fingerprint density at radius 2 is 2.06 bits per heavy atom. The van der Waals surface area contributed by atoms with Gasteiger partial charge in [0.1, 0.15) is 0 Å². The normalized spacial score (nSPS) is 11.9. The van der Waals surface area contributed by atoms with Gasteiger partial charge in [0.15, 0.2) is 0 Å². The lowest BCUT2D eigenvalue weighted by Crippen LogP contribution is -2.23. The van der Waals surface area contributed by atoms with E-state index in [9.17, 15) is 9.59 Å². The van der Waals surface area contributed by atoms with Gasteiger partial charge in [0.2, 0.25) is 5.91 Å². The first kappa shape index (κ1) is 12.7. The van der Waals surface area contributed by atoms with Gasteiger partial charge in [-0.3, -0.25) is 4.79 Å².